The van der Waals surface area contributed by atoms with Gasteiger partial charge in [-0.25, -0.2) is 9.59 Å². The van der Waals surface area contributed by atoms with Crippen LogP contribution < -0.4 is 5.32 Å². The Morgan fingerprint density at radius 1 is 1.29 bits per heavy atom. The first-order valence-electron chi connectivity index (χ1n) is 7.22. The van der Waals surface area contributed by atoms with Gasteiger partial charge in [0.25, 0.3) is 0 Å². The second-order valence-electron chi connectivity index (χ2n) is 5.08. The Kier molecular flexibility index (Phi) is 9.45. The molecule has 0 aromatic heterocycles. The average molecular weight is 301 g/mol. The van der Waals surface area contributed by atoms with E-state index in [9.17, 15) is 9.59 Å². The van der Waals surface area contributed by atoms with E-state index in [0.717, 1.165) is 12.5 Å². The minimum atomic E-state index is -0.673. The molecule has 1 amide bonds. The summed E-state index contributed by atoms with van der Waals surface area (Å²) in [5.41, 5.74) is -0.673. The number of carbonyl (C=O) groups is 2. The molecule has 1 N–H and O–H groups in total. The molecule has 122 valence electrons. The molecule has 6 nitrogen and oxygen atoms in total. The number of amides is 1. The van der Waals surface area contributed by atoms with Crippen LogP contribution in [0.5, 0.6) is 0 Å². The topological polar surface area (TPSA) is 73.9 Å². The number of rotatable bonds is 10. The molecule has 21 heavy (non-hydrogen) atoms. The number of ether oxygens (including phenoxy) is 3. The van der Waals surface area contributed by atoms with Crippen molar-refractivity contribution in [2.24, 2.45) is 0 Å². The van der Waals surface area contributed by atoms with E-state index in [1.54, 1.807) is 6.92 Å². The van der Waals surface area contributed by atoms with Gasteiger partial charge in [0.15, 0.2) is 0 Å². The summed E-state index contributed by atoms with van der Waals surface area (Å²) in [7, 11) is 0. The van der Waals surface area contributed by atoms with Crippen LogP contribution >= 0.6 is 0 Å². The monoisotopic (exact) mass is 301 g/mol. The predicted octanol–water partition coefficient (Wildman–Crippen LogP) is 2.43. The van der Waals surface area contributed by atoms with E-state index >= 15 is 0 Å². The summed E-state index contributed by atoms with van der Waals surface area (Å²) in [6.07, 6.45) is 2.18. The Morgan fingerprint density at radius 2 is 1.95 bits per heavy atom. The molecule has 0 aliphatic heterocycles. The van der Waals surface area contributed by atoms with Crippen LogP contribution in [0, 0.1) is 0 Å². The lowest BCUT2D eigenvalue weighted by atomic mass is 10.0. The van der Waals surface area contributed by atoms with E-state index < -0.39 is 17.6 Å². The Labute approximate surface area is 126 Å². The lowest BCUT2D eigenvalue weighted by Crippen LogP contribution is -2.49. The van der Waals surface area contributed by atoms with Gasteiger partial charge in [-0.15, -0.1) is 0 Å². The molecule has 0 aromatic rings. The summed E-state index contributed by atoms with van der Waals surface area (Å²) in [6.45, 7) is 11.6. The van der Waals surface area contributed by atoms with Gasteiger partial charge in [0, 0.05) is 6.08 Å². The lowest BCUT2D eigenvalue weighted by molar-refractivity contribution is -0.139. The van der Waals surface area contributed by atoms with Crippen LogP contribution in [0.4, 0.5) is 4.79 Å². The Hall–Kier alpha value is -1.56. The van der Waals surface area contributed by atoms with Crippen LogP contribution in [0.2, 0.25) is 0 Å². The van der Waals surface area contributed by atoms with E-state index in [2.05, 4.69) is 11.9 Å². The van der Waals surface area contributed by atoms with Crippen LogP contribution in [0.3, 0.4) is 0 Å². The summed E-state index contributed by atoms with van der Waals surface area (Å²) in [5, 5.41) is 2.70. The highest BCUT2D eigenvalue weighted by atomic mass is 16.6. The predicted molar refractivity (Wildman–Crippen MR) is 80.0 cm³/mol. The molecule has 0 rings (SSSR count). The maximum absolute atomic E-state index is 11.7. The fourth-order valence-electron chi connectivity index (χ4n) is 1.30. The van der Waals surface area contributed by atoms with E-state index in [1.807, 2.05) is 20.8 Å². The molecular weight excluding hydrogens is 274 g/mol. The van der Waals surface area contributed by atoms with Crippen LogP contribution in [0.1, 0.15) is 40.5 Å². The van der Waals surface area contributed by atoms with Crippen molar-refractivity contribution in [3.63, 3.8) is 0 Å². The van der Waals surface area contributed by atoms with Crippen molar-refractivity contribution in [1.82, 2.24) is 5.32 Å². The summed E-state index contributed by atoms with van der Waals surface area (Å²) >= 11 is 0. The zero-order valence-electron chi connectivity index (χ0n) is 13.4. The largest absolute Gasteiger partial charge is 0.460 e. The van der Waals surface area contributed by atoms with Gasteiger partial charge in [0.05, 0.1) is 18.2 Å². The van der Waals surface area contributed by atoms with E-state index in [-0.39, 0.29) is 19.3 Å². The first-order chi connectivity index (χ1) is 9.86. The van der Waals surface area contributed by atoms with Gasteiger partial charge in [-0.2, -0.15) is 0 Å². The van der Waals surface area contributed by atoms with Gasteiger partial charge in [-0.3, -0.25) is 0 Å². The highest BCUT2D eigenvalue weighted by Gasteiger charge is 2.26. The Morgan fingerprint density at radius 3 is 2.48 bits per heavy atom. The first kappa shape index (κ1) is 19.4. The number of hydrogen-bond donors (Lipinski definition) is 1. The molecule has 6 heteroatoms. The summed E-state index contributed by atoms with van der Waals surface area (Å²) in [5.74, 6) is -0.521. The molecule has 2 unspecified atom stereocenters. The third-order valence-electron chi connectivity index (χ3n) is 3.18. The number of carbonyl (C=O) groups excluding carboxylic acids is 2. The lowest BCUT2D eigenvalue weighted by Gasteiger charge is -2.28. The molecule has 0 saturated carbocycles. The smallest absolute Gasteiger partial charge is 0.407 e. The third kappa shape index (κ3) is 9.07. The van der Waals surface area contributed by atoms with Gasteiger partial charge < -0.3 is 19.5 Å². The molecule has 0 heterocycles. The van der Waals surface area contributed by atoms with Crippen LogP contribution in [-0.4, -0.2) is 43.5 Å². The highest BCUT2D eigenvalue weighted by Crippen LogP contribution is 2.10. The van der Waals surface area contributed by atoms with Crippen LogP contribution in [0.25, 0.3) is 0 Å². The van der Waals surface area contributed by atoms with Gasteiger partial charge >= 0.3 is 12.1 Å². The van der Waals surface area contributed by atoms with Crippen molar-refractivity contribution < 1.29 is 23.8 Å². The minimum absolute atomic E-state index is 0.0623. The van der Waals surface area contributed by atoms with Crippen molar-refractivity contribution in [2.75, 3.05) is 19.8 Å². The standard InChI is InChI=1S/C15H27NO5/c1-6-12(4)19-9-10-20-14(18)16-15(5,8-3)11-21-13(17)7-2/h7,12H,2,6,8-11H2,1,3-5H3,(H,16,18). The van der Waals surface area contributed by atoms with Gasteiger partial charge in [-0.05, 0) is 26.7 Å². The number of esters is 1. The van der Waals surface area contributed by atoms with Crippen molar-refractivity contribution in [3.8, 4) is 0 Å². The molecule has 0 bridgehead atoms. The summed E-state index contributed by atoms with van der Waals surface area (Å²) < 4.78 is 15.4. The average Bonchev–Trinajstić information content (AvgIpc) is 2.48. The molecular formula is C15H27NO5. The Bertz CT molecular complexity index is 345. The third-order valence-corrected chi connectivity index (χ3v) is 3.18. The summed E-state index contributed by atoms with van der Waals surface area (Å²) in [4.78, 5) is 22.8. The summed E-state index contributed by atoms with van der Waals surface area (Å²) in [6, 6.07) is 0. The molecule has 0 radical (unpaired) electrons. The van der Waals surface area contributed by atoms with Crippen LogP contribution in [-0.2, 0) is 19.0 Å². The van der Waals surface area contributed by atoms with E-state index in [0.29, 0.717) is 13.0 Å². The Balaban J connectivity index is 4.07. The second-order valence-corrected chi connectivity index (χ2v) is 5.08. The number of hydrogen-bond acceptors (Lipinski definition) is 5. The molecule has 0 aliphatic carbocycles. The van der Waals surface area contributed by atoms with Crippen LogP contribution in [0.15, 0.2) is 12.7 Å². The quantitative estimate of drug-likeness (QED) is 0.381. The molecule has 0 saturated heterocycles. The SMILES string of the molecule is C=CC(=O)OCC(C)(CC)NC(=O)OCCOC(C)CC. The zero-order valence-corrected chi connectivity index (χ0v) is 13.4. The van der Waals surface area contributed by atoms with Crippen molar-refractivity contribution >= 4 is 12.1 Å². The minimum Gasteiger partial charge on any atom is -0.460 e. The highest BCUT2D eigenvalue weighted by molar-refractivity contribution is 5.81. The molecule has 0 aromatic carbocycles. The second kappa shape index (κ2) is 10.2. The first-order valence-corrected chi connectivity index (χ1v) is 7.22. The molecule has 0 fully saturated rings. The molecule has 0 spiro atoms. The van der Waals surface area contributed by atoms with Gasteiger partial charge in [0.2, 0.25) is 0 Å². The normalized spacial score (nSPS) is 14.7. The van der Waals surface area contributed by atoms with Crippen molar-refractivity contribution in [1.29, 1.82) is 0 Å². The van der Waals surface area contributed by atoms with E-state index in [1.165, 1.54) is 0 Å². The van der Waals surface area contributed by atoms with Crippen molar-refractivity contribution in [2.45, 2.75) is 52.2 Å². The zero-order chi connectivity index (χ0) is 16.3. The van der Waals surface area contributed by atoms with Gasteiger partial charge in [0.1, 0.15) is 13.2 Å². The number of alkyl carbamates (subject to hydrolysis) is 1. The van der Waals surface area contributed by atoms with E-state index in [4.69, 9.17) is 14.2 Å². The van der Waals surface area contributed by atoms with Gasteiger partial charge in [-0.1, -0.05) is 20.4 Å². The maximum atomic E-state index is 11.7. The number of nitrogens with one attached hydrogen (secondary N) is 1. The fourth-order valence-corrected chi connectivity index (χ4v) is 1.30. The molecule has 2 atom stereocenters. The molecule has 0 aliphatic rings. The maximum Gasteiger partial charge on any atom is 0.407 e. The fraction of sp³-hybridized carbons (Fsp3) is 0.733. The van der Waals surface area contributed by atoms with Crippen molar-refractivity contribution in [3.05, 3.63) is 12.7 Å².